The molecule has 0 aliphatic heterocycles. The smallest absolute Gasteiger partial charge is 0.109 e. The summed E-state index contributed by atoms with van der Waals surface area (Å²) in [7, 11) is 2.11. The molecule has 3 heteroatoms. The molecule has 0 bridgehead atoms. The molecule has 2 aromatic rings. The van der Waals surface area contributed by atoms with Gasteiger partial charge in [0.25, 0.3) is 0 Å². The average Bonchev–Trinajstić information content (AvgIpc) is 2.97. The second-order valence-electron chi connectivity index (χ2n) is 4.37. The SMILES string of the molecule is Cn1c(CC2CC2)nc2ccc(Br)cc21. The quantitative estimate of drug-likeness (QED) is 0.814. The van der Waals surface area contributed by atoms with Crippen LogP contribution in [0.3, 0.4) is 0 Å². The van der Waals surface area contributed by atoms with Crippen LogP contribution < -0.4 is 0 Å². The molecule has 0 unspecified atom stereocenters. The molecular weight excluding hydrogens is 252 g/mol. The van der Waals surface area contributed by atoms with Crippen molar-refractivity contribution in [3.05, 3.63) is 28.5 Å². The normalized spacial score (nSPS) is 16.1. The van der Waals surface area contributed by atoms with Crippen LogP contribution >= 0.6 is 15.9 Å². The van der Waals surface area contributed by atoms with E-state index >= 15 is 0 Å². The Morgan fingerprint density at radius 1 is 1.47 bits per heavy atom. The maximum atomic E-state index is 4.68. The van der Waals surface area contributed by atoms with Gasteiger partial charge in [-0.1, -0.05) is 15.9 Å². The summed E-state index contributed by atoms with van der Waals surface area (Å²) in [5.74, 6) is 2.12. The van der Waals surface area contributed by atoms with Crippen molar-refractivity contribution < 1.29 is 0 Å². The lowest BCUT2D eigenvalue weighted by Crippen LogP contribution is -1.98. The Morgan fingerprint density at radius 2 is 2.27 bits per heavy atom. The van der Waals surface area contributed by atoms with E-state index in [1.54, 1.807) is 0 Å². The number of fused-ring (bicyclic) bond motifs is 1. The van der Waals surface area contributed by atoms with Gasteiger partial charge in [-0.3, -0.25) is 0 Å². The summed E-state index contributed by atoms with van der Waals surface area (Å²) in [6, 6.07) is 6.27. The molecule has 1 saturated carbocycles. The molecule has 1 aromatic heterocycles. The summed E-state index contributed by atoms with van der Waals surface area (Å²) in [6.07, 6.45) is 3.91. The minimum atomic E-state index is 0.893. The summed E-state index contributed by atoms with van der Waals surface area (Å²) >= 11 is 3.50. The number of aromatic nitrogens is 2. The molecule has 0 spiro atoms. The Balaban J connectivity index is 2.10. The highest BCUT2D eigenvalue weighted by molar-refractivity contribution is 9.10. The third-order valence-electron chi connectivity index (χ3n) is 3.10. The first kappa shape index (κ1) is 9.40. The number of nitrogens with zero attached hydrogens (tertiary/aromatic N) is 2. The van der Waals surface area contributed by atoms with E-state index in [-0.39, 0.29) is 0 Å². The Labute approximate surface area is 97.4 Å². The molecule has 0 amide bonds. The zero-order valence-electron chi connectivity index (χ0n) is 8.70. The topological polar surface area (TPSA) is 17.8 Å². The third-order valence-corrected chi connectivity index (χ3v) is 3.60. The van der Waals surface area contributed by atoms with Crippen LogP contribution in [-0.4, -0.2) is 9.55 Å². The minimum Gasteiger partial charge on any atom is -0.331 e. The van der Waals surface area contributed by atoms with Gasteiger partial charge in [0, 0.05) is 17.9 Å². The van der Waals surface area contributed by atoms with Crippen molar-refractivity contribution in [1.82, 2.24) is 9.55 Å². The molecule has 2 nitrogen and oxygen atoms in total. The highest BCUT2D eigenvalue weighted by atomic mass is 79.9. The lowest BCUT2D eigenvalue weighted by atomic mass is 10.3. The molecule has 0 atom stereocenters. The van der Waals surface area contributed by atoms with Gasteiger partial charge < -0.3 is 4.57 Å². The maximum absolute atomic E-state index is 4.68. The lowest BCUT2D eigenvalue weighted by molar-refractivity contribution is 0.727. The molecule has 15 heavy (non-hydrogen) atoms. The molecule has 1 aromatic carbocycles. The Hall–Kier alpha value is -0.830. The highest BCUT2D eigenvalue weighted by Crippen LogP contribution is 2.33. The van der Waals surface area contributed by atoms with Gasteiger partial charge in [0.15, 0.2) is 0 Å². The minimum absolute atomic E-state index is 0.893. The standard InChI is InChI=1S/C12H13BrN2/c1-15-11-7-9(13)4-5-10(11)14-12(15)6-8-2-3-8/h4-5,7-8H,2-3,6H2,1H3. The number of aryl methyl sites for hydroxylation is 1. The number of hydrogen-bond donors (Lipinski definition) is 0. The maximum Gasteiger partial charge on any atom is 0.109 e. The van der Waals surface area contributed by atoms with Crippen LogP contribution in [-0.2, 0) is 13.5 Å². The zero-order valence-corrected chi connectivity index (χ0v) is 10.3. The third kappa shape index (κ3) is 1.69. The Morgan fingerprint density at radius 3 is 3.00 bits per heavy atom. The first-order valence-corrected chi connectivity index (χ1v) is 6.14. The van der Waals surface area contributed by atoms with Crippen molar-refractivity contribution in [3.63, 3.8) is 0 Å². The van der Waals surface area contributed by atoms with Gasteiger partial charge in [-0.15, -0.1) is 0 Å². The van der Waals surface area contributed by atoms with E-state index in [9.17, 15) is 0 Å². The number of benzene rings is 1. The number of halogens is 1. The van der Waals surface area contributed by atoms with Gasteiger partial charge in [-0.25, -0.2) is 4.98 Å². The predicted octanol–water partition coefficient (Wildman–Crippen LogP) is 3.29. The Kier molecular flexibility index (Phi) is 2.09. The van der Waals surface area contributed by atoms with Crippen LogP contribution in [0.1, 0.15) is 18.7 Å². The zero-order chi connectivity index (χ0) is 10.4. The molecule has 0 saturated heterocycles. The van der Waals surface area contributed by atoms with Crippen LogP contribution in [0.5, 0.6) is 0 Å². The van der Waals surface area contributed by atoms with Crippen molar-refractivity contribution in [2.24, 2.45) is 13.0 Å². The monoisotopic (exact) mass is 264 g/mol. The van der Waals surface area contributed by atoms with Gasteiger partial charge >= 0.3 is 0 Å². The van der Waals surface area contributed by atoms with Crippen LogP contribution in [0.15, 0.2) is 22.7 Å². The van der Waals surface area contributed by atoms with Crippen molar-refractivity contribution in [2.75, 3.05) is 0 Å². The predicted molar refractivity (Wildman–Crippen MR) is 64.8 cm³/mol. The fourth-order valence-corrected chi connectivity index (χ4v) is 2.32. The van der Waals surface area contributed by atoms with Crippen LogP contribution in [0, 0.1) is 5.92 Å². The van der Waals surface area contributed by atoms with E-state index in [0.29, 0.717) is 0 Å². The van der Waals surface area contributed by atoms with Gasteiger partial charge in [0.2, 0.25) is 0 Å². The second-order valence-corrected chi connectivity index (χ2v) is 5.28. The van der Waals surface area contributed by atoms with Gasteiger partial charge in [-0.05, 0) is 37.0 Å². The molecule has 3 rings (SSSR count). The number of rotatable bonds is 2. The molecular formula is C12H13BrN2. The van der Waals surface area contributed by atoms with Gasteiger partial charge in [0.05, 0.1) is 11.0 Å². The van der Waals surface area contributed by atoms with E-state index in [2.05, 4.69) is 50.7 Å². The lowest BCUT2D eigenvalue weighted by Gasteiger charge is -2.00. The molecule has 1 heterocycles. The van der Waals surface area contributed by atoms with Gasteiger partial charge in [-0.2, -0.15) is 0 Å². The molecule has 0 radical (unpaired) electrons. The largest absolute Gasteiger partial charge is 0.331 e. The van der Waals surface area contributed by atoms with E-state index in [1.807, 2.05) is 0 Å². The Bertz CT molecular complexity index is 512. The number of imidazole rings is 1. The first-order chi connectivity index (χ1) is 7.24. The van der Waals surface area contributed by atoms with Crippen molar-refractivity contribution >= 4 is 27.0 Å². The fraction of sp³-hybridized carbons (Fsp3) is 0.417. The van der Waals surface area contributed by atoms with E-state index in [1.165, 1.54) is 24.2 Å². The fourth-order valence-electron chi connectivity index (χ4n) is 1.98. The molecule has 1 fully saturated rings. The van der Waals surface area contributed by atoms with E-state index < -0.39 is 0 Å². The molecule has 1 aliphatic rings. The average molecular weight is 265 g/mol. The number of hydrogen-bond acceptors (Lipinski definition) is 1. The second kappa shape index (κ2) is 3.34. The van der Waals surface area contributed by atoms with Crippen molar-refractivity contribution in [2.45, 2.75) is 19.3 Å². The highest BCUT2D eigenvalue weighted by Gasteiger charge is 2.23. The van der Waals surface area contributed by atoms with Crippen LogP contribution in [0.25, 0.3) is 11.0 Å². The van der Waals surface area contributed by atoms with Crippen molar-refractivity contribution in [3.8, 4) is 0 Å². The van der Waals surface area contributed by atoms with Crippen LogP contribution in [0.4, 0.5) is 0 Å². The molecule has 0 N–H and O–H groups in total. The summed E-state index contributed by atoms with van der Waals surface area (Å²) < 4.78 is 3.34. The van der Waals surface area contributed by atoms with E-state index in [4.69, 9.17) is 0 Å². The summed E-state index contributed by atoms with van der Waals surface area (Å²) in [6.45, 7) is 0. The summed E-state index contributed by atoms with van der Waals surface area (Å²) in [5, 5.41) is 0. The molecule has 78 valence electrons. The van der Waals surface area contributed by atoms with E-state index in [0.717, 1.165) is 22.3 Å². The first-order valence-electron chi connectivity index (χ1n) is 5.35. The van der Waals surface area contributed by atoms with Crippen LogP contribution in [0.2, 0.25) is 0 Å². The van der Waals surface area contributed by atoms with Crippen molar-refractivity contribution in [1.29, 1.82) is 0 Å². The van der Waals surface area contributed by atoms with Gasteiger partial charge in [0.1, 0.15) is 5.82 Å². The summed E-state index contributed by atoms with van der Waals surface area (Å²) in [5.41, 5.74) is 2.33. The molecule has 1 aliphatic carbocycles. The summed E-state index contributed by atoms with van der Waals surface area (Å²) in [4.78, 5) is 4.68.